The second-order valence-corrected chi connectivity index (χ2v) is 7.76. The first-order chi connectivity index (χ1) is 13.6. The molecule has 144 valence electrons. The molecule has 0 radical (unpaired) electrons. The SMILES string of the molecule is CSc1ccc(CNC(=O)c2nnn3c2COC(c2ccc(Cl)cc2)C3)cc1. The Hall–Kier alpha value is -2.35. The van der Waals surface area contributed by atoms with E-state index in [4.69, 9.17) is 16.3 Å². The minimum Gasteiger partial charge on any atom is -0.365 e. The number of aromatic nitrogens is 3. The fourth-order valence-electron chi connectivity index (χ4n) is 3.08. The predicted octanol–water partition coefficient (Wildman–Crippen LogP) is 3.85. The Labute approximate surface area is 172 Å². The quantitative estimate of drug-likeness (QED) is 0.642. The number of rotatable bonds is 5. The normalized spacial score (nSPS) is 15.9. The molecule has 1 aromatic heterocycles. The largest absolute Gasteiger partial charge is 0.365 e. The van der Waals surface area contributed by atoms with Gasteiger partial charge in [0.25, 0.3) is 5.91 Å². The zero-order valence-electron chi connectivity index (χ0n) is 15.3. The number of carbonyl (C=O) groups excluding carboxylic acids is 1. The maximum absolute atomic E-state index is 12.6. The van der Waals surface area contributed by atoms with E-state index in [1.807, 2.05) is 54.8 Å². The van der Waals surface area contributed by atoms with E-state index in [2.05, 4.69) is 15.6 Å². The van der Waals surface area contributed by atoms with Crippen molar-refractivity contribution < 1.29 is 9.53 Å². The Morgan fingerprint density at radius 2 is 2.00 bits per heavy atom. The first-order valence-electron chi connectivity index (χ1n) is 8.84. The Morgan fingerprint density at radius 1 is 1.25 bits per heavy atom. The van der Waals surface area contributed by atoms with Gasteiger partial charge in [-0.15, -0.1) is 16.9 Å². The van der Waals surface area contributed by atoms with Crippen LogP contribution in [0.5, 0.6) is 0 Å². The van der Waals surface area contributed by atoms with Crippen LogP contribution < -0.4 is 5.32 Å². The molecule has 3 aromatic rings. The highest BCUT2D eigenvalue weighted by Crippen LogP contribution is 2.27. The summed E-state index contributed by atoms with van der Waals surface area (Å²) in [6, 6.07) is 15.6. The zero-order chi connectivity index (χ0) is 19.5. The van der Waals surface area contributed by atoms with Gasteiger partial charge in [0.15, 0.2) is 5.69 Å². The molecule has 0 saturated carbocycles. The number of halogens is 1. The molecule has 2 heterocycles. The lowest BCUT2D eigenvalue weighted by Gasteiger charge is -2.24. The van der Waals surface area contributed by atoms with E-state index in [-0.39, 0.29) is 18.6 Å². The van der Waals surface area contributed by atoms with E-state index in [1.165, 1.54) is 4.90 Å². The summed E-state index contributed by atoms with van der Waals surface area (Å²) in [6.45, 7) is 1.23. The van der Waals surface area contributed by atoms with Crippen LogP contribution >= 0.6 is 23.4 Å². The Bertz CT molecular complexity index is 973. The third-order valence-corrected chi connectivity index (χ3v) is 5.66. The number of carbonyl (C=O) groups is 1. The van der Waals surface area contributed by atoms with Crippen molar-refractivity contribution in [2.75, 3.05) is 6.26 Å². The Morgan fingerprint density at radius 3 is 2.71 bits per heavy atom. The summed E-state index contributed by atoms with van der Waals surface area (Å²) in [5, 5.41) is 11.8. The van der Waals surface area contributed by atoms with Crippen LogP contribution in [-0.2, 0) is 24.4 Å². The number of nitrogens with zero attached hydrogens (tertiary/aromatic N) is 3. The average Bonchev–Trinajstić information content (AvgIpc) is 3.16. The lowest BCUT2D eigenvalue weighted by atomic mass is 10.1. The third-order valence-electron chi connectivity index (χ3n) is 4.67. The lowest BCUT2D eigenvalue weighted by Crippen LogP contribution is -2.27. The van der Waals surface area contributed by atoms with Gasteiger partial charge < -0.3 is 10.1 Å². The summed E-state index contributed by atoms with van der Waals surface area (Å²) in [5.41, 5.74) is 3.06. The molecular weight excluding hydrogens is 396 g/mol. The van der Waals surface area contributed by atoms with Crippen molar-refractivity contribution in [1.29, 1.82) is 0 Å². The topological polar surface area (TPSA) is 69.0 Å². The molecule has 0 bridgehead atoms. The summed E-state index contributed by atoms with van der Waals surface area (Å²) in [4.78, 5) is 13.8. The number of hydrogen-bond donors (Lipinski definition) is 1. The molecule has 8 heteroatoms. The minimum atomic E-state index is -0.247. The molecule has 1 amide bonds. The molecule has 6 nitrogen and oxygen atoms in total. The number of benzene rings is 2. The Kier molecular flexibility index (Phi) is 5.66. The third kappa shape index (κ3) is 4.06. The molecule has 28 heavy (non-hydrogen) atoms. The van der Waals surface area contributed by atoms with E-state index in [0.717, 1.165) is 11.1 Å². The smallest absolute Gasteiger partial charge is 0.274 e. The van der Waals surface area contributed by atoms with Crippen LogP contribution in [0.2, 0.25) is 5.02 Å². The van der Waals surface area contributed by atoms with Crippen molar-refractivity contribution in [3.05, 3.63) is 76.1 Å². The highest BCUT2D eigenvalue weighted by atomic mass is 35.5. The molecule has 1 aliphatic heterocycles. The van der Waals surface area contributed by atoms with Gasteiger partial charge in [-0.2, -0.15) is 0 Å². The van der Waals surface area contributed by atoms with Crippen molar-refractivity contribution in [3.8, 4) is 0 Å². The van der Waals surface area contributed by atoms with Crippen LogP contribution in [0.4, 0.5) is 0 Å². The van der Waals surface area contributed by atoms with Crippen LogP contribution in [0.1, 0.15) is 33.4 Å². The van der Waals surface area contributed by atoms with Gasteiger partial charge in [-0.05, 0) is 41.6 Å². The number of fused-ring (bicyclic) bond motifs is 1. The minimum absolute atomic E-state index is 0.141. The van der Waals surface area contributed by atoms with E-state index in [9.17, 15) is 4.79 Å². The molecular formula is C20H19ClN4O2S. The van der Waals surface area contributed by atoms with Crippen molar-refractivity contribution in [2.24, 2.45) is 0 Å². The highest BCUT2D eigenvalue weighted by molar-refractivity contribution is 7.98. The van der Waals surface area contributed by atoms with Crippen molar-refractivity contribution in [3.63, 3.8) is 0 Å². The number of thioether (sulfide) groups is 1. The first-order valence-corrected chi connectivity index (χ1v) is 10.4. The van der Waals surface area contributed by atoms with E-state index < -0.39 is 0 Å². The van der Waals surface area contributed by atoms with E-state index >= 15 is 0 Å². The van der Waals surface area contributed by atoms with Crippen LogP contribution in [0.3, 0.4) is 0 Å². The summed E-state index contributed by atoms with van der Waals surface area (Å²) in [5.74, 6) is -0.247. The van der Waals surface area contributed by atoms with Crippen LogP contribution in [0.15, 0.2) is 53.4 Å². The number of hydrogen-bond acceptors (Lipinski definition) is 5. The van der Waals surface area contributed by atoms with Crippen LogP contribution in [0.25, 0.3) is 0 Å². The average molecular weight is 415 g/mol. The summed E-state index contributed by atoms with van der Waals surface area (Å²) in [6.07, 6.45) is 1.89. The zero-order valence-corrected chi connectivity index (χ0v) is 16.8. The van der Waals surface area contributed by atoms with Gasteiger partial charge in [-0.25, -0.2) is 4.68 Å². The number of amides is 1. The number of nitrogens with one attached hydrogen (secondary N) is 1. The van der Waals surface area contributed by atoms with Gasteiger partial charge in [-0.1, -0.05) is 41.1 Å². The fourth-order valence-corrected chi connectivity index (χ4v) is 3.61. The summed E-state index contributed by atoms with van der Waals surface area (Å²) in [7, 11) is 0. The van der Waals surface area contributed by atoms with Gasteiger partial charge in [0.2, 0.25) is 0 Å². The molecule has 1 unspecified atom stereocenters. The van der Waals surface area contributed by atoms with Crippen molar-refractivity contribution in [1.82, 2.24) is 20.3 Å². The van der Waals surface area contributed by atoms with E-state index in [0.29, 0.717) is 29.5 Å². The van der Waals surface area contributed by atoms with Gasteiger partial charge >= 0.3 is 0 Å². The highest BCUT2D eigenvalue weighted by Gasteiger charge is 2.27. The standard InChI is InChI=1S/C20H19ClN4O2S/c1-28-16-8-2-13(3-9-16)10-22-20(26)19-17-12-27-18(11-25(17)24-23-19)14-4-6-15(21)7-5-14/h2-9,18H,10-12H2,1H3,(H,22,26). The second-order valence-electron chi connectivity index (χ2n) is 6.45. The maximum atomic E-state index is 12.6. The molecule has 1 aliphatic rings. The van der Waals surface area contributed by atoms with Crippen LogP contribution in [-0.4, -0.2) is 27.2 Å². The van der Waals surface area contributed by atoms with Gasteiger partial charge in [-0.3, -0.25) is 4.79 Å². The van der Waals surface area contributed by atoms with Gasteiger partial charge in [0.1, 0.15) is 6.10 Å². The molecule has 0 spiro atoms. The molecule has 0 fully saturated rings. The van der Waals surface area contributed by atoms with Gasteiger partial charge in [0, 0.05) is 16.5 Å². The monoisotopic (exact) mass is 414 g/mol. The maximum Gasteiger partial charge on any atom is 0.274 e. The molecule has 1 N–H and O–H groups in total. The Balaban J connectivity index is 1.41. The van der Waals surface area contributed by atoms with Crippen LogP contribution in [0, 0.1) is 0 Å². The van der Waals surface area contributed by atoms with Crippen molar-refractivity contribution >= 4 is 29.3 Å². The second kappa shape index (κ2) is 8.34. The van der Waals surface area contributed by atoms with E-state index in [1.54, 1.807) is 16.4 Å². The fraction of sp³-hybridized carbons (Fsp3) is 0.250. The molecule has 2 aromatic carbocycles. The summed E-state index contributed by atoms with van der Waals surface area (Å²) < 4.78 is 7.68. The van der Waals surface area contributed by atoms with Gasteiger partial charge in [0.05, 0.1) is 18.8 Å². The van der Waals surface area contributed by atoms with Crippen molar-refractivity contribution in [2.45, 2.75) is 30.7 Å². The predicted molar refractivity (Wildman–Crippen MR) is 108 cm³/mol. The lowest BCUT2D eigenvalue weighted by molar-refractivity contribution is -0.00176. The summed E-state index contributed by atoms with van der Waals surface area (Å²) >= 11 is 7.63. The molecule has 1 atom stereocenters. The number of ether oxygens (including phenoxy) is 1. The molecule has 4 rings (SSSR count). The molecule has 0 aliphatic carbocycles. The molecule has 0 saturated heterocycles. The first kappa shape index (κ1) is 19.0.